The van der Waals surface area contributed by atoms with Crippen molar-refractivity contribution in [3.63, 3.8) is 0 Å². The summed E-state index contributed by atoms with van der Waals surface area (Å²) in [6.45, 7) is 2.73. The van der Waals surface area contributed by atoms with E-state index in [2.05, 4.69) is 4.98 Å². The summed E-state index contributed by atoms with van der Waals surface area (Å²) in [5.41, 5.74) is 5.45. The Balaban J connectivity index is 2.60. The minimum Gasteiger partial charge on any atom is -0.338 e. The minimum atomic E-state index is -0.129. The molecule has 15 heavy (non-hydrogen) atoms. The molecule has 1 aromatic rings. The van der Waals surface area contributed by atoms with Crippen molar-refractivity contribution in [3.05, 3.63) is 18.2 Å². The number of carbonyl (C=O) groups is 1. The van der Waals surface area contributed by atoms with E-state index in [9.17, 15) is 4.79 Å². The normalized spacial score (nSPS) is 12.5. The van der Waals surface area contributed by atoms with Gasteiger partial charge in [0.25, 0.3) is 0 Å². The SMILES string of the molecule is CC(CN)C(=O)N(C)Cc1nccn1C. The van der Waals surface area contributed by atoms with Crippen molar-refractivity contribution in [2.45, 2.75) is 13.5 Å². The van der Waals surface area contributed by atoms with Crippen LogP contribution in [0.5, 0.6) is 0 Å². The summed E-state index contributed by atoms with van der Waals surface area (Å²) in [5, 5.41) is 0. The number of hydrogen-bond acceptors (Lipinski definition) is 3. The average Bonchev–Trinajstić information content (AvgIpc) is 2.62. The lowest BCUT2D eigenvalue weighted by Gasteiger charge is -2.20. The average molecular weight is 210 g/mol. The molecule has 0 aliphatic heterocycles. The fourth-order valence-corrected chi connectivity index (χ4v) is 1.32. The number of hydrogen-bond donors (Lipinski definition) is 1. The molecule has 1 rings (SSSR count). The summed E-state index contributed by atoms with van der Waals surface area (Å²) in [4.78, 5) is 17.5. The van der Waals surface area contributed by atoms with E-state index in [1.807, 2.05) is 24.7 Å². The first-order valence-electron chi connectivity index (χ1n) is 4.97. The number of nitrogens with zero attached hydrogens (tertiary/aromatic N) is 3. The topological polar surface area (TPSA) is 64.2 Å². The van der Waals surface area contributed by atoms with Crippen LogP contribution < -0.4 is 5.73 Å². The number of aryl methyl sites for hydroxylation is 1. The van der Waals surface area contributed by atoms with E-state index in [0.717, 1.165) is 5.82 Å². The van der Waals surface area contributed by atoms with Crippen LogP contribution in [0.25, 0.3) is 0 Å². The lowest BCUT2D eigenvalue weighted by molar-refractivity contribution is -0.134. The zero-order chi connectivity index (χ0) is 11.4. The van der Waals surface area contributed by atoms with Crippen molar-refractivity contribution in [1.29, 1.82) is 0 Å². The van der Waals surface area contributed by atoms with Crippen LogP contribution in [0.1, 0.15) is 12.7 Å². The van der Waals surface area contributed by atoms with E-state index >= 15 is 0 Å². The molecule has 0 radical (unpaired) electrons. The molecule has 1 amide bonds. The Kier molecular flexibility index (Phi) is 3.85. The number of carbonyl (C=O) groups excluding carboxylic acids is 1. The summed E-state index contributed by atoms with van der Waals surface area (Å²) in [6.07, 6.45) is 3.58. The zero-order valence-electron chi connectivity index (χ0n) is 9.47. The molecule has 0 aliphatic rings. The second-order valence-electron chi connectivity index (χ2n) is 3.79. The first kappa shape index (κ1) is 11.7. The van der Waals surface area contributed by atoms with Gasteiger partial charge in [0, 0.05) is 39.0 Å². The third kappa shape index (κ3) is 2.79. The van der Waals surface area contributed by atoms with Crippen LogP contribution in [-0.4, -0.2) is 34.0 Å². The Morgan fingerprint density at radius 1 is 1.73 bits per heavy atom. The lowest BCUT2D eigenvalue weighted by atomic mass is 10.1. The van der Waals surface area contributed by atoms with Gasteiger partial charge in [-0.15, -0.1) is 0 Å². The second-order valence-corrected chi connectivity index (χ2v) is 3.79. The Hall–Kier alpha value is -1.36. The standard InChI is InChI=1S/C10H18N4O/c1-8(6-11)10(15)14(3)7-9-12-4-5-13(9)2/h4-5,8H,6-7,11H2,1-3H3. The molecule has 0 bridgehead atoms. The predicted octanol–water partition coefficient (Wildman–Crippen LogP) is -0.0267. The summed E-state index contributed by atoms with van der Waals surface area (Å²) in [6, 6.07) is 0. The number of rotatable bonds is 4. The molecule has 0 saturated heterocycles. The van der Waals surface area contributed by atoms with Gasteiger partial charge in [-0.05, 0) is 0 Å². The molecular weight excluding hydrogens is 192 g/mol. The molecule has 1 aromatic heterocycles. The number of amides is 1. The summed E-state index contributed by atoms with van der Waals surface area (Å²) in [5.74, 6) is 0.797. The van der Waals surface area contributed by atoms with Gasteiger partial charge in [-0.25, -0.2) is 4.98 Å². The maximum Gasteiger partial charge on any atom is 0.226 e. The van der Waals surface area contributed by atoms with E-state index in [1.54, 1.807) is 18.1 Å². The van der Waals surface area contributed by atoms with Crippen molar-refractivity contribution < 1.29 is 4.79 Å². The third-order valence-electron chi connectivity index (χ3n) is 2.45. The number of aromatic nitrogens is 2. The van der Waals surface area contributed by atoms with Gasteiger partial charge in [0.15, 0.2) is 0 Å². The maximum absolute atomic E-state index is 11.7. The molecule has 5 nitrogen and oxygen atoms in total. The van der Waals surface area contributed by atoms with Crippen molar-refractivity contribution >= 4 is 5.91 Å². The zero-order valence-corrected chi connectivity index (χ0v) is 9.47. The van der Waals surface area contributed by atoms with Gasteiger partial charge < -0.3 is 15.2 Å². The first-order chi connectivity index (χ1) is 7.06. The highest BCUT2D eigenvalue weighted by molar-refractivity contribution is 5.78. The van der Waals surface area contributed by atoms with Crippen LogP contribution in [-0.2, 0) is 18.4 Å². The van der Waals surface area contributed by atoms with Gasteiger partial charge in [0.05, 0.1) is 6.54 Å². The molecule has 84 valence electrons. The summed E-state index contributed by atoms with van der Waals surface area (Å²) < 4.78 is 1.90. The maximum atomic E-state index is 11.7. The van der Waals surface area contributed by atoms with E-state index in [-0.39, 0.29) is 11.8 Å². The molecule has 1 unspecified atom stereocenters. The van der Waals surface area contributed by atoms with Gasteiger partial charge in [0.1, 0.15) is 5.82 Å². The molecule has 0 spiro atoms. The van der Waals surface area contributed by atoms with Crippen LogP contribution in [0.4, 0.5) is 0 Å². The van der Waals surface area contributed by atoms with Crippen LogP contribution in [0, 0.1) is 5.92 Å². The Labute approximate surface area is 89.9 Å². The quantitative estimate of drug-likeness (QED) is 0.759. The van der Waals surface area contributed by atoms with E-state index in [1.165, 1.54) is 0 Å². The van der Waals surface area contributed by atoms with Gasteiger partial charge in [0.2, 0.25) is 5.91 Å². The van der Waals surface area contributed by atoms with Crippen molar-refractivity contribution in [2.75, 3.05) is 13.6 Å². The minimum absolute atomic E-state index is 0.0560. The molecule has 0 saturated carbocycles. The van der Waals surface area contributed by atoms with Crippen LogP contribution in [0.2, 0.25) is 0 Å². The molecule has 0 aromatic carbocycles. The highest BCUT2D eigenvalue weighted by atomic mass is 16.2. The fraction of sp³-hybridized carbons (Fsp3) is 0.600. The Morgan fingerprint density at radius 3 is 2.87 bits per heavy atom. The number of nitrogens with two attached hydrogens (primary N) is 1. The van der Waals surface area contributed by atoms with Gasteiger partial charge in [-0.2, -0.15) is 0 Å². The molecule has 0 fully saturated rings. The summed E-state index contributed by atoms with van der Waals surface area (Å²) >= 11 is 0. The molecule has 1 atom stereocenters. The van der Waals surface area contributed by atoms with E-state index in [4.69, 9.17) is 5.73 Å². The van der Waals surface area contributed by atoms with Crippen molar-refractivity contribution in [3.8, 4) is 0 Å². The second kappa shape index (κ2) is 4.93. The molecule has 5 heteroatoms. The summed E-state index contributed by atoms with van der Waals surface area (Å²) in [7, 11) is 3.68. The Bertz CT molecular complexity index is 334. The largest absolute Gasteiger partial charge is 0.338 e. The van der Waals surface area contributed by atoms with Crippen LogP contribution in [0.15, 0.2) is 12.4 Å². The van der Waals surface area contributed by atoms with Gasteiger partial charge >= 0.3 is 0 Å². The van der Waals surface area contributed by atoms with E-state index < -0.39 is 0 Å². The molecular formula is C10H18N4O. The number of imidazole rings is 1. The molecule has 0 aliphatic carbocycles. The first-order valence-corrected chi connectivity index (χ1v) is 4.97. The van der Waals surface area contributed by atoms with Crippen molar-refractivity contribution in [2.24, 2.45) is 18.7 Å². The lowest BCUT2D eigenvalue weighted by Crippen LogP contribution is -2.35. The molecule has 1 heterocycles. The predicted molar refractivity (Wildman–Crippen MR) is 57.9 cm³/mol. The fourth-order valence-electron chi connectivity index (χ4n) is 1.32. The van der Waals surface area contributed by atoms with E-state index in [0.29, 0.717) is 13.1 Å². The highest BCUT2D eigenvalue weighted by Gasteiger charge is 2.16. The monoisotopic (exact) mass is 210 g/mol. The highest BCUT2D eigenvalue weighted by Crippen LogP contribution is 2.04. The van der Waals surface area contributed by atoms with Gasteiger partial charge in [-0.3, -0.25) is 4.79 Å². The van der Waals surface area contributed by atoms with Gasteiger partial charge in [-0.1, -0.05) is 6.92 Å². The van der Waals surface area contributed by atoms with Crippen molar-refractivity contribution in [1.82, 2.24) is 14.5 Å². The van der Waals surface area contributed by atoms with Crippen LogP contribution >= 0.6 is 0 Å². The smallest absolute Gasteiger partial charge is 0.226 e. The molecule has 2 N–H and O–H groups in total. The Morgan fingerprint density at radius 2 is 2.40 bits per heavy atom. The third-order valence-corrected chi connectivity index (χ3v) is 2.45. The van der Waals surface area contributed by atoms with Crippen LogP contribution in [0.3, 0.4) is 0 Å².